The van der Waals surface area contributed by atoms with E-state index in [0.29, 0.717) is 12.2 Å². The number of hydrogen-bond donors (Lipinski definition) is 1. The molecule has 0 aromatic heterocycles. The fraction of sp³-hybridized carbons (Fsp3) is 0.364. The fourth-order valence-electron chi connectivity index (χ4n) is 3.37. The van der Waals surface area contributed by atoms with Gasteiger partial charge in [-0.05, 0) is 63.1 Å². The van der Waals surface area contributed by atoms with Crippen LogP contribution in [0.4, 0.5) is 5.69 Å². The number of amides is 1. The molecule has 1 fully saturated rings. The lowest BCUT2D eigenvalue weighted by Crippen LogP contribution is -2.41. The van der Waals surface area contributed by atoms with Crippen LogP contribution in [0.25, 0.3) is 0 Å². The van der Waals surface area contributed by atoms with Crippen LogP contribution < -0.4 is 5.32 Å². The van der Waals surface area contributed by atoms with Crippen molar-refractivity contribution in [3.05, 3.63) is 60.2 Å². The first-order valence-corrected chi connectivity index (χ1v) is 11.4. The highest BCUT2D eigenvalue weighted by Crippen LogP contribution is 2.25. The summed E-state index contributed by atoms with van der Waals surface area (Å²) >= 11 is 0. The third-order valence-electron chi connectivity index (χ3n) is 5.13. The minimum atomic E-state index is -3.61. The molecule has 3 rings (SSSR count). The van der Waals surface area contributed by atoms with Gasteiger partial charge in [0.15, 0.2) is 6.10 Å². The van der Waals surface area contributed by atoms with Crippen LogP contribution in [0, 0.1) is 0 Å². The average Bonchev–Trinajstić information content (AvgIpc) is 2.74. The predicted molar refractivity (Wildman–Crippen MR) is 114 cm³/mol. The number of rotatable bonds is 6. The molecule has 2 aromatic carbocycles. The highest BCUT2D eigenvalue weighted by atomic mass is 32.2. The number of benzene rings is 2. The molecular weight excluding hydrogens is 404 g/mol. The van der Waals surface area contributed by atoms with Crippen LogP contribution in [-0.4, -0.2) is 43.3 Å². The van der Waals surface area contributed by atoms with Crippen LogP contribution in [0.5, 0.6) is 0 Å². The topological polar surface area (TPSA) is 92.8 Å². The second kappa shape index (κ2) is 9.40. The summed E-state index contributed by atoms with van der Waals surface area (Å²) in [6.45, 7) is 3.89. The first-order chi connectivity index (χ1) is 14.3. The Morgan fingerprint density at radius 2 is 1.73 bits per heavy atom. The van der Waals surface area contributed by atoms with E-state index < -0.39 is 28.0 Å². The lowest BCUT2D eigenvalue weighted by molar-refractivity contribution is -0.123. The molecule has 0 spiro atoms. The number of esters is 1. The van der Waals surface area contributed by atoms with Gasteiger partial charge < -0.3 is 10.1 Å². The van der Waals surface area contributed by atoms with Crippen molar-refractivity contribution in [3.63, 3.8) is 0 Å². The van der Waals surface area contributed by atoms with Gasteiger partial charge in [0.2, 0.25) is 10.0 Å². The molecular formula is C22H26N2O5S. The largest absolute Gasteiger partial charge is 0.449 e. The van der Waals surface area contributed by atoms with Gasteiger partial charge in [-0.15, -0.1) is 0 Å². The molecule has 1 aliphatic rings. The van der Waals surface area contributed by atoms with E-state index in [9.17, 15) is 18.0 Å². The van der Waals surface area contributed by atoms with Crippen molar-refractivity contribution < 1.29 is 22.7 Å². The van der Waals surface area contributed by atoms with E-state index in [1.54, 1.807) is 24.3 Å². The summed E-state index contributed by atoms with van der Waals surface area (Å²) < 4.78 is 32.5. The molecule has 30 heavy (non-hydrogen) atoms. The Labute approximate surface area is 177 Å². The predicted octanol–water partition coefficient (Wildman–Crippen LogP) is 3.43. The number of ether oxygens (including phenoxy) is 1. The maximum absolute atomic E-state index is 12.9. The van der Waals surface area contributed by atoms with E-state index in [4.69, 9.17) is 4.74 Å². The number of carbonyl (C=O) groups is 2. The van der Waals surface area contributed by atoms with E-state index in [1.807, 2.05) is 13.0 Å². The van der Waals surface area contributed by atoms with E-state index in [2.05, 4.69) is 5.32 Å². The lowest BCUT2D eigenvalue weighted by Gasteiger charge is -2.32. The van der Waals surface area contributed by atoms with Gasteiger partial charge in [-0.1, -0.05) is 24.6 Å². The third-order valence-corrected chi connectivity index (χ3v) is 7.16. The van der Waals surface area contributed by atoms with Gasteiger partial charge in [-0.3, -0.25) is 4.79 Å². The summed E-state index contributed by atoms with van der Waals surface area (Å²) in [5, 5.41) is 2.67. The van der Waals surface area contributed by atoms with Crippen LogP contribution in [0.15, 0.2) is 59.5 Å². The summed E-state index contributed by atoms with van der Waals surface area (Å²) in [7, 11) is -3.61. The zero-order valence-corrected chi connectivity index (χ0v) is 17.9. The molecule has 0 aliphatic carbocycles. The average molecular weight is 431 g/mol. The number of anilines is 1. The summed E-state index contributed by atoms with van der Waals surface area (Å²) in [4.78, 5) is 24.7. The van der Waals surface area contributed by atoms with Crippen molar-refractivity contribution in [2.45, 2.75) is 50.2 Å². The SMILES string of the molecule is CC(OC(=O)c1ccc(S(=O)(=O)N2CCCCC2C)cc1)C(=O)Nc1ccccc1. The Balaban J connectivity index is 1.64. The Morgan fingerprint density at radius 3 is 2.37 bits per heavy atom. The Kier molecular flexibility index (Phi) is 6.89. The normalized spacial score (nSPS) is 18.4. The van der Waals surface area contributed by atoms with Gasteiger partial charge in [0, 0.05) is 18.3 Å². The van der Waals surface area contributed by atoms with E-state index >= 15 is 0 Å². The van der Waals surface area contributed by atoms with Crippen molar-refractivity contribution in [3.8, 4) is 0 Å². The second-order valence-corrected chi connectivity index (χ2v) is 9.28. The van der Waals surface area contributed by atoms with Gasteiger partial charge in [0.1, 0.15) is 0 Å². The molecule has 1 amide bonds. The quantitative estimate of drug-likeness (QED) is 0.709. The van der Waals surface area contributed by atoms with Crippen molar-refractivity contribution in [1.29, 1.82) is 0 Å². The number of piperidine rings is 1. The number of nitrogens with one attached hydrogen (secondary N) is 1. The number of sulfonamides is 1. The fourth-order valence-corrected chi connectivity index (χ4v) is 5.07. The van der Waals surface area contributed by atoms with E-state index in [1.165, 1.54) is 35.5 Å². The summed E-state index contributed by atoms with van der Waals surface area (Å²) in [5.41, 5.74) is 0.784. The molecule has 2 aromatic rings. The molecule has 7 nitrogen and oxygen atoms in total. The lowest BCUT2D eigenvalue weighted by atomic mass is 10.1. The monoisotopic (exact) mass is 430 g/mol. The van der Waals surface area contributed by atoms with Crippen molar-refractivity contribution in [1.82, 2.24) is 4.31 Å². The highest BCUT2D eigenvalue weighted by Gasteiger charge is 2.31. The highest BCUT2D eigenvalue weighted by molar-refractivity contribution is 7.89. The standard InChI is InChI=1S/C22H26N2O5S/c1-16-8-6-7-15-24(16)30(27,28)20-13-11-18(12-14-20)22(26)29-17(2)21(25)23-19-9-4-3-5-10-19/h3-5,9-14,16-17H,6-8,15H2,1-2H3,(H,23,25). The molecule has 0 bridgehead atoms. The molecule has 2 atom stereocenters. The molecule has 160 valence electrons. The van der Waals surface area contributed by atoms with E-state index in [0.717, 1.165) is 19.3 Å². The zero-order valence-electron chi connectivity index (χ0n) is 17.1. The maximum atomic E-state index is 12.9. The van der Waals surface area contributed by atoms with Crippen molar-refractivity contribution in [2.24, 2.45) is 0 Å². The van der Waals surface area contributed by atoms with Crippen LogP contribution >= 0.6 is 0 Å². The second-order valence-electron chi connectivity index (χ2n) is 7.39. The van der Waals surface area contributed by atoms with Gasteiger partial charge in [0.25, 0.3) is 5.91 Å². The molecule has 0 radical (unpaired) electrons. The summed E-state index contributed by atoms with van der Waals surface area (Å²) in [5.74, 6) is -1.14. The van der Waals surface area contributed by atoms with Gasteiger partial charge >= 0.3 is 5.97 Å². The molecule has 8 heteroatoms. The maximum Gasteiger partial charge on any atom is 0.338 e. The summed E-state index contributed by atoms with van der Waals surface area (Å²) in [6.07, 6.45) is 1.70. The molecule has 1 aliphatic heterocycles. The van der Waals surface area contributed by atoms with Gasteiger partial charge in [-0.2, -0.15) is 4.31 Å². The van der Waals surface area contributed by atoms with E-state index in [-0.39, 0.29) is 16.5 Å². The first kappa shape index (κ1) is 22.0. The first-order valence-electron chi connectivity index (χ1n) is 9.98. The Bertz CT molecular complexity index is 990. The van der Waals surface area contributed by atoms with Crippen molar-refractivity contribution >= 4 is 27.6 Å². The number of carbonyl (C=O) groups excluding carboxylic acids is 2. The molecule has 1 heterocycles. The molecule has 0 saturated carbocycles. The van der Waals surface area contributed by atoms with Crippen LogP contribution in [0.2, 0.25) is 0 Å². The van der Waals surface area contributed by atoms with Crippen LogP contribution in [-0.2, 0) is 19.6 Å². The number of hydrogen-bond acceptors (Lipinski definition) is 5. The zero-order chi connectivity index (χ0) is 21.7. The smallest absolute Gasteiger partial charge is 0.338 e. The van der Waals surface area contributed by atoms with Gasteiger partial charge in [-0.25, -0.2) is 13.2 Å². The van der Waals surface area contributed by atoms with Gasteiger partial charge in [0.05, 0.1) is 10.5 Å². The Morgan fingerprint density at radius 1 is 1.07 bits per heavy atom. The van der Waals surface area contributed by atoms with Crippen LogP contribution in [0.3, 0.4) is 0 Å². The third kappa shape index (κ3) is 5.06. The summed E-state index contributed by atoms with van der Waals surface area (Å²) in [6, 6.07) is 14.4. The minimum absolute atomic E-state index is 0.0441. The number of nitrogens with zero attached hydrogens (tertiary/aromatic N) is 1. The van der Waals surface area contributed by atoms with Crippen LogP contribution in [0.1, 0.15) is 43.5 Å². The van der Waals surface area contributed by atoms with Crippen molar-refractivity contribution in [2.75, 3.05) is 11.9 Å². The Hall–Kier alpha value is -2.71. The number of para-hydroxylation sites is 1. The minimum Gasteiger partial charge on any atom is -0.449 e. The molecule has 2 unspecified atom stereocenters. The molecule has 1 saturated heterocycles. The molecule has 1 N–H and O–H groups in total.